The van der Waals surface area contributed by atoms with Gasteiger partial charge >= 0.3 is 0 Å². The van der Waals surface area contributed by atoms with E-state index < -0.39 is 17.2 Å². The number of hydrogen-bond donors (Lipinski definition) is 1. The molecule has 0 radical (unpaired) electrons. The van der Waals surface area contributed by atoms with Crippen LogP contribution in [0.1, 0.15) is 65.2 Å². The van der Waals surface area contributed by atoms with Crippen LogP contribution in [-0.2, 0) is 6.54 Å². The number of aryl methyl sites for hydroxylation is 2. The number of unbranched alkanes of at least 4 members (excludes halogenated alkanes) is 3. The van der Waals surface area contributed by atoms with E-state index in [0.717, 1.165) is 35.0 Å². The van der Waals surface area contributed by atoms with Crippen LogP contribution >= 0.6 is 0 Å². The first-order chi connectivity index (χ1) is 13.8. The summed E-state index contributed by atoms with van der Waals surface area (Å²) in [5, 5.41) is 20.1. The smallest absolute Gasteiger partial charge is 0.271 e. The minimum absolute atomic E-state index is 0.0268. The summed E-state index contributed by atoms with van der Waals surface area (Å²) in [5.41, 5.74) is 1.51. The van der Waals surface area contributed by atoms with Gasteiger partial charge in [0.15, 0.2) is 6.61 Å². The average Bonchev–Trinajstić information content (AvgIpc) is 2.65. The fourth-order valence-corrected chi connectivity index (χ4v) is 3.43. The van der Waals surface area contributed by atoms with Crippen LogP contribution in [-0.4, -0.2) is 22.1 Å². The normalized spacial score (nSPS) is 10.6. The van der Waals surface area contributed by atoms with E-state index in [1.807, 2.05) is 38.1 Å². The number of pyridine rings is 1. The molecule has 0 fully saturated rings. The minimum Gasteiger partial charge on any atom is -0.494 e. The molecule has 0 atom stereocenters. The molecule has 2 aromatic rings. The Labute approximate surface area is 171 Å². The van der Waals surface area contributed by atoms with Gasteiger partial charge in [-0.25, -0.2) is 0 Å². The third-order valence-electron chi connectivity index (χ3n) is 4.88. The fourth-order valence-electron chi connectivity index (χ4n) is 3.43. The Bertz CT molecular complexity index is 979. The number of nitrogens with zero attached hydrogens (tertiary/aromatic N) is 2. The molecule has 1 heterocycles. The standard InChI is InChI=1S/C23H28N2O4/c1-5-6-7-8-9-25-22(27)19(13-24)17(4)21(23(25)28)20(26)14-29-18-11-15(2)10-16(3)12-18/h10-12,28H,5-9,14H2,1-4H3. The third kappa shape index (κ3) is 5.26. The molecule has 1 aromatic carbocycles. The Hall–Kier alpha value is -3.07. The molecule has 0 unspecified atom stereocenters. The fraction of sp³-hybridized carbons (Fsp3) is 0.435. The molecule has 0 aliphatic heterocycles. The van der Waals surface area contributed by atoms with Gasteiger partial charge in [0.2, 0.25) is 11.7 Å². The molecule has 2 rings (SSSR count). The molecule has 6 nitrogen and oxygen atoms in total. The van der Waals surface area contributed by atoms with Crippen molar-refractivity contribution < 1.29 is 14.6 Å². The van der Waals surface area contributed by atoms with Gasteiger partial charge in [-0.3, -0.25) is 14.2 Å². The summed E-state index contributed by atoms with van der Waals surface area (Å²) >= 11 is 0. The van der Waals surface area contributed by atoms with E-state index in [1.54, 1.807) is 0 Å². The lowest BCUT2D eigenvalue weighted by atomic mass is 10.0. The molecule has 6 heteroatoms. The third-order valence-corrected chi connectivity index (χ3v) is 4.88. The topological polar surface area (TPSA) is 92.3 Å². The summed E-state index contributed by atoms with van der Waals surface area (Å²) in [4.78, 5) is 25.4. The highest BCUT2D eigenvalue weighted by atomic mass is 16.5. The highest BCUT2D eigenvalue weighted by Crippen LogP contribution is 2.24. The minimum atomic E-state index is -0.564. The Morgan fingerprint density at radius 3 is 2.38 bits per heavy atom. The summed E-state index contributed by atoms with van der Waals surface area (Å²) in [6.45, 7) is 7.42. The van der Waals surface area contributed by atoms with Gasteiger partial charge in [0.1, 0.15) is 17.4 Å². The summed E-state index contributed by atoms with van der Waals surface area (Å²) < 4.78 is 6.75. The van der Waals surface area contributed by atoms with Crippen molar-refractivity contribution in [1.29, 1.82) is 5.26 Å². The van der Waals surface area contributed by atoms with Crippen molar-refractivity contribution in [2.45, 2.75) is 59.9 Å². The predicted octanol–water partition coefficient (Wildman–Crippen LogP) is 4.19. The monoisotopic (exact) mass is 396 g/mol. The maximum absolute atomic E-state index is 12.8. The Morgan fingerprint density at radius 2 is 1.79 bits per heavy atom. The number of carbonyl (C=O) groups is 1. The number of aromatic nitrogens is 1. The summed E-state index contributed by atoms with van der Waals surface area (Å²) in [6, 6.07) is 7.52. The zero-order valence-corrected chi connectivity index (χ0v) is 17.5. The van der Waals surface area contributed by atoms with E-state index in [0.29, 0.717) is 12.2 Å². The van der Waals surface area contributed by atoms with E-state index in [9.17, 15) is 20.0 Å². The van der Waals surface area contributed by atoms with Crippen molar-refractivity contribution in [1.82, 2.24) is 4.57 Å². The average molecular weight is 396 g/mol. The second-order valence-electron chi connectivity index (χ2n) is 7.36. The molecule has 0 saturated carbocycles. The summed E-state index contributed by atoms with van der Waals surface area (Å²) in [5.74, 6) is -0.309. The van der Waals surface area contributed by atoms with Crippen LogP contribution in [0, 0.1) is 32.1 Å². The molecule has 1 N–H and O–H groups in total. The SMILES string of the molecule is CCCCCCn1c(O)c(C(=O)COc2cc(C)cc(C)c2)c(C)c(C#N)c1=O. The van der Waals surface area contributed by atoms with Crippen LogP contribution < -0.4 is 10.3 Å². The van der Waals surface area contributed by atoms with E-state index in [2.05, 4.69) is 6.92 Å². The zero-order valence-electron chi connectivity index (χ0n) is 17.5. The molecule has 0 amide bonds. The quantitative estimate of drug-likeness (QED) is 0.507. The number of hydrogen-bond acceptors (Lipinski definition) is 5. The van der Waals surface area contributed by atoms with Gasteiger partial charge in [0, 0.05) is 6.54 Å². The van der Waals surface area contributed by atoms with E-state index in [1.165, 1.54) is 6.92 Å². The lowest BCUT2D eigenvalue weighted by molar-refractivity contribution is 0.0916. The maximum atomic E-state index is 12.8. The molecule has 29 heavy (non-hydrogen) atoms. The van der Waals surface area contributed by atoms with E-state index in [4.69, 9.17) is 4.74 Å². The second-order valence-corrected chi connectivity index (χ2v) is 7.36. The predicted molar refractivity (Wildman–Crippen MR) is 112 cm³/mol. The number of nitriles is 1. The molecule has 1 aromatic heterocycles. The first-order valence-electron chi connectivity index (χ1n) is 9.90. The van der Waals surface area contributed by atoms with Crippen molar-refractivity contribution in [2.75, 3.05) is 6.61 Å². The van der Waals surface area contributed by atoms with Crippen LogP contribution in [0.3, 0.4) is 0 Å². The lowest BCUT2D eigenvalue weighted by Crippen LogP contribution is -2.27. The number of ketones is 1. The van der Waals surface area contributed by atoms with E-state index >= 15 is 0 Å². The Morgan fingerprint density at radius 1 is 1.14 bits per heavy atom. The molecular formula is C23H28N2O4. The van der Waals surface area contributed by atoms with Crippen molar-refractivity contribution in [2.24, 2.45) is 0 Å². The number of rotatable bonds is 9. The van der Waals surface area contributed by atoms with Crippen LogP contribution in [0.4, 0.5) is 0 Å². The lowest BCUT2D eigenvalue weighted by Gasteiger charge is -2.16. The zero-order chi connectivity index (χ0) is 21.6. The van der Waals surface area contributed by atoms with Gasteiger partial charge in [-0.1, -0.05) is 32.3 Å². The largest absolute Gasteiger partial charge is 0.494 e. The summed E-state index contributed by atoms with van der Waals surface area (Å²) in [7, 11) is 0. The number of Topliss-reactive ketones (excluding diaryl/α,β-unsaturated/α-hetero) is 1. The second kappa shape index (κ2) is 9.92. The van der Waals surface area contributed by atoms with Crippen LogP contribution in [0.25, 0.3) is 0 Å². The molecule has 0 aliphatic carbocycles. The van der Waals surface area contributed by atoms with Gasteiger partial charge in [-0.2, -0.15) is 5.26 Å². The number of aromatic hydroxyl groups is 1. The van der Waals surface area contributed by atoms with Gasteiger partial charge in [0.25, 0.3) is 5.56 Å². The molecule has 0 saturated heterocycles. The van der Waals surface area contributed by atoms with Gasteiger partial charge in [-0.15, -0.1) is 0 Å². The molecule has 0 aliphatic rings. The first kappa shape index (κ1) is 22.2. The maximum Gasteiger partial charge on any atom is 0.271 e. The van der Waals surface area contributed by atoms with Gasteiger partial charge < -0.3 is 9.84 Å². The van der Waals surface area contributed by atoms with Crippen LogP contribution in [0.15, 0.2) is 23.0 Å². The van der Waals surface area contributed by atoms with Crippen molar-refractivity contribution in [3.63, 3.8) is 0 Å². The summed E-state index contributed by atoms with van der Waals surface area (Å²) in [6.07, 6.45) is 3.64. The molecule has 0 spiro atoms. The Balaban J connectivity index is 2.33. The molecular weight excluding hydrogens is 368 g/mol. The highest BCUT2D eigenvalue weighted by molar-refractivity contribution is 6.01. The van der Waals surface area contributed by atoms with Crippen LogP contribution in [0.5, 0.6) is 11.6 Å². The molecule has 154 valence electrons. The van der Waals surface area contributed by atoms with Gasteiger partial charge in [0.05, 0.1) is 5.56 Å². The van der Waals surface area contributed by atoms with Gasteiger partial charge in [-0.05, 0) is 56.0 Å². The van der Waals surface area contributed by atoms with Crippen molar-refractivity contribution >= 4 is 5.78 Å². The highest BCUT2D eigenvalue weighted by Gasteiger charge is 2.24. The van der Waals surface area contributed by atoms with Crippen LogP contribution in [0.2, 0.25) is 0 Å². The number of benzene rings is 1. The number of ether oxygens (including phenoxy) is 1. The Kier molecular flexibility index (Phi) is 7.60. The number of carbonyl (C=O) groups excluding carboxylic acids is 1. The first-order valence-corrected chi connectivity index (χ1v) is 9.90. The van der Waals surface area contributed by atoms with Crippen molar-refractivity contribution in [3.8, 4) is 17.7 Å². The molecule has 0 bridgehead atoms. The van der Waals surface area contributed by atoms with E-state index in [-0.39, 0.29) is 29.8 Å². The van der Waals surface area contributed by atoms with Crippen molar-refractivity contribution in [3.05, 3.63) is 56.4 Å².